The van der Waals surface area contributed by atoms with Crippen molar-refractivity contribution in [3.05, 3.63) is 82.3 Å². The lowest BCUT2D eigenvalue weighted by Crippen LogP contribution is -2.41. The molecule has 38 heavy (non-hydrogen) atoms. The summed E-state index contributed by atoms with van der Waals surface area (Å²) in [4.78, 5) is 28.3. The zero-order chi connectivity index (χ0) is 27.7. The molecule has 2 aromatic carbocycles. The van der Waals surface area contributed by atoms with E-state index in [2.05, 4.69) is 13.0 Å². The molecule has 1 aliphatic rings. The molecule has 0 aliphatic carbocycles. The Morgan fingerprint density at radius 3 is 2.16 bits per heavy atom. The van der Waals surface area contributed by atoms with Gasteiger partial charge in [-0.15, -0.1) is 0 Å². The summed E-state index contributed by atoms with van der Waals surface area (Å²) in [6, 6.07) is 16.5. The van der Waals surface area contributed by atoms with Gasteiger partial charge in [-0.1, -0.05) is 49.6 Å². The van der Waals surface area contributed by atoms with E-state index in [-0.39, 0.29) is 35.9 Å². The highest BCUT2D eigenvalue weighted by atomic mass is 16.5. The predicted molar refractivity (Wildman–Crippen MR) is 145 cm³/mol. The van der Waals surface area contributed by atoms with Crippen molar-refractivity contribution in [2.75, 3.05) is 24.7 Å². The molecule has 8 heteroatoms. The van der Waals surface area contributed by atoms with Crippen LogP contribution < -0.4 is 15.4 Å². The molecule has 1 aliphatic heterocycles. The van der Waals surface area contributed by atoms with E-state index in [1.54, 1.807) is 50.2 Å². The van der Waals surface area contributed by atoms with Crippen molar-refractivity contribution in [2.45, 2.75) is 52.9 Å². The first-order valence-electron chi connectivity index (χ1n) is 12.9. The normalized spacial score (nSPS) is 15.2. The van der Waals surface area contributed by atoms with E-state index < -0.39 is 17.9 Å². The van der Waals surface area contributed by atoms with Gasteiger partial charge in [0.15, 0.2) is 0 Å². The minimum Gasteiger partial charge on any atom is -0.494 e. The number of anilines is 1. The zero-order valence-corrected chi connectivity index (χ0v) is 22.5. The summed E-state index contributed by atoms with van der Waals surface area (Å²) in [5.74, 6) is -1.69. The van der Waals surface area contributed by atoms with Gasteiger partial charge in [-0.3, -0.25) is 4.90 Å². The molecule has 3 rings (SSSR count). The van der Waals surface area contributed by atoms with Gasteiger partial charge in [0.2, 0.25) is 0 Å². The van der Waals surface area contributed by atoms with Gasteiger partial charge < -0.3 is 19.9 Å². The second-order valence-electron chi connectivity index (χ2n) is 8.84. The van der Waals surface area contributed by atoms with Crippen molar-refractivity contribution in [3.8, 4) is 11.8 Å². The van der Waals surface area contributed by atoms with E-state index in [4.69, 9.17) is 19.9 Å². The van der Waals surface area contributed by atoms with Crippen molar-refractivity contribution in [1.82, 2.24) is 0 Å². The number of benzene rings is 2. The fraction of sp³-hybridized carbons (Fsp3) is 0.367. The summed E-state index contributed by atoms with van der Waals surface area (Å²) in [6.45, 7) is 8.18. The first-order chi connectivity index (χ1) is 18.4. The van der Waals surface area contributed by atoms with Crippen LogP contribution in [-0.2, 0) is 19.1 Å². The van der Waals surface area contributed by atoms with Crippen LogP contribution in [0.2, 0.25) is 0 Å². The molecule has 0 fully saturated rings. The van der Waals surface area contributed by atoms with Gasteiger partial charge in [0.1, 0.15) is 17.3 Å². The van der Waals surface area contributed by atoms with Crippen molar-refractivity contribution < 1.29 is 23.8 Å². The maximum Gasteiger partial charge on any atom is 0.355 e. The number of nitrogens with two attached hydrogens (primary N) is 1. The summed E-state index contributed by atoms with van der Waals surface area (Å²) < 4.78 is 16.6. The predicted octanol–water partition coefficient (Wildman–Crippen LogP) is 5.24. The van der Waals surface area contributed by atoms with Gasteiger partial charge in [0, 0.05) is 5.69 Å². The Morgan fingerprint density at radius 1 is 0.947 bits per heavy atom. The van der Waals surface area contributed by atoms with Gasteiger partial charge in [0.25, 0.3) is 0 Å². The Kier molecular flexibility index (Phi) is 9.94. The summed E-state index contributed by atoms with van der Waals surface area (Å²) >= 11 is 0. The average Bonchev–Trinajstić information content (AvgIpc) is 2.91. The Labute approximate surface area is 224 Å². The number of nitriles is 1. The van der Waals surface area contributed by atoms with Crippen LogP contribution in [0.3, 0.4) is 0 Å². The fourth-order valence-corrected chi connectivity index (χ4v) is 4.33. The van der Waals surface area contributed by atoms with Gasteiger partial charge in [0.05, 0.1) is 43.0 Å². The van der Waals surface area contributed by atoms with Crippen LogP contribution in [0.25, 0.3) is 0 Å². The minimum absolute atomic E-state index is 0.00626. The maximum absolute atomic E-state index is 13.5. The second-order valence-corrected chi connectivity index (χ2v) is 8.84. The number of hydrogen-bond donors (Lipinski definition) is 1. The monoisotopic (exact) mass is 517 g/mol. The Morgan fingerprint density at radius 2 is 1.58 bits per heavy atom. The molecule has 0 amide bonds. The number of nitrogens with zero attached hydrogens (tertiary/aromatic N) is 2. The standard InChI is InChI=1S/C30H35N3O5/c1-5-8-9-18-38-23-16-12-21(13-17-23)25-24(19-31)28(32)33(22-14-10-20(4)11-15-22)27(30(35)37-7-3)26(25)29(34)36-6-2/h10-17,25H,5-9,18,32H2,1-4H3. The van der Waals surface area contributed by atoms with Crippen LogP contribution >= 0.6 is 0 Å². The van der Waals surface area contributed by atoms with Crippen molar-refractivity contribution in [1.29, 1.82) is 5.26 Å². The number of aryl methyl sites for hydroxylation is 1. The maximum atomic E-state index is 13.5. The Balaban J connectivity index is 2.20. The number of ether oxygens (including phenoxy) is 3. The molecule has 0 saturated heterocycles. The molecule has 0 aromatic heterocycles. The zero-order valence-electron chi connectivity index (χ0n) is 22.5. The lowest BCUT2D eigenvalue weighted by Gasteiger charge is -2.36. The number of esters is 2. The van der Waals surface area contributed by atoms with Crippen LogP contribution in [0.1, 0.15) is 57.1 Å². The van der Waals surface area contributed by atoms with Crippen molar-refractivity contribution in [3.63, 3.8) is 0 Å². The molecule has 1 heterocycles. The SMILES string of the molecule is CCCCCOc1ccc(C2C(C#N)=C(N)N(c3ccc(C)cc3)C(C(=O)OCC)=C2C(=O)OCC)cc1. The van der Waals surface area contributed by atoms with E-state index in [0.717, 1.165) is 24.8 Å². The van der Waals surface area contributed by atoms with Crippen molar-refractivity contribution in [2.24, 2.45) is 5.73 Å². The van der Waals surface area contributed by atoms with Crippen molar-refractivity contribution >= 4 is 17.6 Å². The molecule has 1 atom stereocenters. The quantitative estimate of drug-likeness (QED) is 0.318. The summed E-state index contributed by atoms with van der Waals surface area (Å²) in [5.41, 5.74) is 8.73. The van der Waals surface area contributed by atoms with Crippen LogP contribution in [0.4, 0.5) is 5.69 Å². The molecule has 2 N–H and O–H groups in total. The second kappa shape index (κ2) is 13.3. The van der Waals surface area contributed by atoms with Crippen LogP contribution in [0, 0.1) is 18.3 Å². The largest absolute Gasteiger partial charge is 0.494 e. The first-order valence-corrected chi connectivity index (χ1v) is 12.9. The highest BCUT2D eigenvalue weighted by molar-refractivity contribution is 6.06. The lowest BCUT2D eigenvalue weighted by molar-refractivity contribution is -0.142. The van der Waals surface area contributed by atoms with E-state index >= 15 is 0 Å². The molecule has 200 valence electrons. The fourth-order valence-electron chi connectivity index (χ4n) is 4.33. The summed E-state index contributed by atoms with van der Waals surface area (Å²) in [7, 11) is 0. The number of rotatable bonds is 11. The molecule has 0 saturated carbocycles. The van der Waals surface area contributed by atoms with E-state index in [1.165, 1.54) is 4.90 Å². The molecule has 2 aromatic rings. The number of hydrogen-bond acceptors (Lipinski definition) is 8. The molecule has 0 bridgehead atoms. The van der Waals surface area contributed by atoms with Gasteiger partial charge in [-0.05, 0) is 57.0 Å². The van der Waals surface area contributed by atoms with Crippen LogP contribution in [0.5, 0.6) is 5.75 Å². The number of carbonyl (C=O) groups excluding carboxylic acids is 2. The highest BCUT2D eigenvalue weighted by Crippen LogP contribution is 2.43. The third-order valence-electron chi connectivity index (χ3n) is 6.18. The minimum atomic E-state index is -0.936. The van der Waals surface area contributed by atoms with E-state index in [9.17, 15) is 14.9 Å². The lowest BCUT2D eigenvalue weighted by atomic mass is 9.80. The van der Waals surface area contributed by atoms with Crippen LogP contribution in [0.15, 0.2) is 71.2 Å². The third kappa shape index (κ3) is 6.17. The average molecular weight is 518 g/mol. The summed E-state index contributed by atoms with van der Waals surface area (Å²) in [5, 5.41) is 10.3. The third-order valence-corrected chi connectivity index (χ3v) is 6.18. The molecule has 1 unspecified atom stereocenters. The molecule has 0 radical (unpaired) electrons. The van der Waals surface area contributed by atoms with Crippen LogP contribution in [-0.4, -0.2) is 31.8 Å². The van der Waals surface area contributed by atoms with Gasteiger partial charge >= 0.3 is 11.9 Å². The molecule has 8 nitrogen and oxygen atoms in total. The topological polar surface area (TPSA) is 115 Å². The van der Waals surface area contributed by atoms with E-state index in [0.29, 0.717) is 23.6 Å². The molecule has 0 spiro atoms. The van der Waals surface area contributed by atoms with Gasteiger partial charge in [-0.25, -0.2) is 9.59 Å². The Hall–Kier alpha value is -4.25. The molecular formula is C30H35N3O5. The first kappa shape index (κ1) is 28.3. The summed E-state index contributed by atoms with van der Waals surface area (Å²) in [6.07, 6.45) is 3.13. The van der Waals surface area contributed by atoms with E-state index in [1.807, 2.05) is 19.1 Å². The molecular weight excluding hydrogens is 482 g/mol. The smallest absolute Gasteiger partial charge is 0.355 e. The Bertz CT molecular complexity index is 1240. The van der Waals surface area contributed by atoms with Gasteiger partial charge in [-0.2, -0.15) is 5.26 Å². The number of carbonyl (C=O) groups is 2. The highest BCUT2D eigenvalue weighted by Gasteiger charge is 2.43. The number of unbranched alkanes of at least 4 members (excludes halogenated alkanes) is 2. The number of allylic oxidation sites excluding steroid dienone is 1.